The van der Waals surface area contributed by atoms with Crippen molar-refractivity contribution in [1.82, 2.24) is 9.97 Å². The molecule has 2 aromatic rings. The largest absolute Gasteiger partial charge is 0.394 e. The Kier molecular flexibility index (Phi) is 6.41. The number of aromatic nitrogens is 2. The van der Waals surface area contributed by atoms with Crippen LogP contribution in [0.5, 0.6) is 0 Å². The van der Waals surface area contributed by atoms with Crippen LogP contribution in [0.4, 0.5) is 11.8 Å². The van der Waals surface area contributed by atoms with Crippen LogP contribution < -0.4 is 10.6 Å². The van der Waals surface area contributed by atoms with Gasteiger partial charge >= 0.3 is 0 Å². The van der Waals surface area contributed by atoms with Crippen LogP contribution >= 0.6 is 0 Å². The van der Waals surface area contributed by atoms with Gasteiger partial charge in [0.25, 0.3) is 0 Å². The lowest BCUT2D eigenvalue weighted by atomic mass is 10.1. The van der Waals surface area contributed by atoms with Gasteiger partial charge in [0.15, 0.2) is 0 Å². The third kappa shape index (κ3) is 4.93. The van der Waals surface area contributed by atoms with Crippen LogP contribution in [0, 0.1) is 5.92 Å². The second kappa shape index (κ2) is 8.96. The minimum Gasteiger partial charge on any atom is -0.394 e. The SMILES string of the molecule is CC(C)[C@@H](CO)Nc1nc(NC[C@H]2CCCO2)cc(-c2ccccc2)n1. The molecule has 1 saturated heterocycles. The Hall–Kier alpha value is -2.18. The maximum absolute atomic E-state index is 9.61. The Morgan fingerprint density at radius 2 is 2.04 bits per heavy atom. The number of nitrogens with one attached hydrogen (secondary N) is 2. The Morgan fingerprint density at radius 3 is 2.69 bits per heavy atom. The Bertz CT molecular complexity index is 687. The van der Waals surface area contributed by atoms with Gasteiger partial charge in [0.2, 0.25) is 5.95 Å². The molecule has 0 amide bonds. The molecule has 2 heterocycles. The zero-order chi connectivity index (χ0) is 18.4. The van der Waals surface area contributed by atoms with Crippen LogP contribution in [-0.2, 0) is 4.74 Å². The first-order valence-electron chi connectivity index (χ1n) is 9.33. The number of benzene rings is 1. The van der Waals surface area contributed by atoms with Crippen LogP contribution in [0.1, 0.15) is 26.7 Å². The smallest absolute Gasteiger partial charge is 0.225 e. The summed E-state index contributed by atoms with van der Waals surface area (Å²) in [6.07, 6.45) is 2.43. The van der Waals surface area contributed by atoms with Gasteiger partial charge in [-0.1, -0.05) is 44.2 Å². The van der Waals surface area contributed by atoms with Crippen molar-refractivity contribution in [3.63, 3.8) is 0 Å². The molecule has 0 saturated carbocycles. The van der Waals surface area contributed by atoms with Crippen molar-refractivity contribution in [3.05, 3.63) is 36.4 Å². The molecule has 0 unspecified atom stereocenters. The minimum absolute atomic E-state index is 0.0370. The summed E-state index contributed by atoms with van der Waals surface area (Å²) >= 11 is 0. The molecule has 2 atom stereocenters. The first-order chi connectivity index (χ1) is 12.7. The van der Waals surface area contributed by atoms with E-state index in [1.54, 1.807) is 0 Å². The van der Waals surface area contributed by atoms with Gasteiger partial charge in [-0.2, -0.15) is 4.98 Å². The van der Waals surface area contributed by atoms with Gasteiger partial charge in [-0.05, 0) is 18.8 Å². The van der Waals surface area contributed by atoms with Crippen LogP contribution in [-0.4, -0.2) is 47.0 Å². The minimum atomic E-state index is -0.0907. The van der Waals surface area contributed by atoms with E-state index in [0.717, 1.165) is 43.1 Å². The molecule has 0 aliphatic carbocycles. The van der Waals surface area contributed by atoms with E-state index in [0.29, 0.717) is 5.95 Å². The van der Waals surface area contributed by atoms with E-state index in [1.165, 1.54) is 0 Å². The molecule has 6 heteroatoms. The molecular weight excluding hydrogens is 328 g/mol. The summed E-state index contributed by atoms with van der Waals surface area (Å²) in [4.78, 5) is 9.24. The monoisotopic (exact) mass is 356 g/mol. The number of ether oxygens (including phenoxy) is 1. The first kappa shape index (κ1) is 18.6. The molecular formula is C20H28N4O2. The predicted octanol–water partition coefficient (Wildman–Crippen LogP) is 3.16. The molecule has 1 aromatic heterocycles. The van der Waals surface area contributed by atoms with Gasteiger partial charge in [-0.3, -0.25) is 0 Å². The third-order valence-electron chi connectivity index (χ3n) is 4.65. The lowest BCUT2D eigenvalue weighted by Gasteiger charge is -2.21. The second-order valence-electron chi connectivity index (χ2n) is 7.02. The maximum Gasteiger partial charge on any atom is 0.225 e. The fourth-order valence-electron chi connectivity index (χ4n) is 2.97. The second-order valence-corrected chi connectivity index (χ2v) is 7.02. The summed E-state index contributed by atoms with van der Waals surface area (Å²) in [6.45, 7) is 5.73. The lowest BCUT2D eigenvalue weighted by molar-refractivity contribution is 0.120. The third-order valence-corrected chi connectivity index (χ3v) is 4.65. The Morgan fingerprint density at radius 1 is 1.23 bits per heavy atom. The fourth-order valence-corrected chi connectivity index (χ4v) is 2.97. The molecule has 0 bridgehead atoms. The van der Waals surface area contributed by atoms with Crippen molar-refractivity contribution in [2.24, 2.45) is 5.92 Å². The van der Waals surface area contributed by atoms with Crippen molar-refractivity contribution in [1.29, 1.82) is 0 Å². The van der Waals surface area contributed by atoms with Gasteiger partial charge in [0.05, 0.1) is 24.4 Å². The molecule has 26 heavy (non-hydrogen) atoms. The van der Waals surface area contributed by atoms with E-state index in [2.05, 4.69) is 34.4 Å². The van der Waals surface area contributed by atoms with E-state index in [4.69, 9.17) is 4.74 Å². The Labute approximate surface area is 155 Å². The molecule has 3 N–H and O–H groups in total. The van der Waals surface area contributed by atoms with E-state index >= 15 is 0 Å². The topological polar surface area (TPSA) is 79.3 Å². The Balaban J connectivity index is 1.83. The van der Waals surface area contributed by atoms with E-state index < -0.39 is 0 Å². The molecule has 3 rings (SSSR count). The van der Waals surface area contributed by atoms with Gasteiger partial charge < -0.3 is 20.5 Å². The van der Waals surface area contributed by atoms with Crippen molar-refractivity contribution >= 4 is 11.8 Å². The number of anilines is 2. The average Bonchev–Trinajstić information content (AvgIpc) is 3.18. The molecule has 1 aromatic carbocycles. The highest BCUT2D eigenvalue weighted by Crippen LogP contribution is 2.23. The van der Waals surface area contributed by atoms with Crippen molar-refractivity contribution in [2.75, 3.05) is 30.4 Å². The predicted molar refractivity (Wildman–Crippen MR) is 104 cm³/mol. The average molecular weight is 356 g/mol. The van der Waals surface area contributed by atoms with Crippen LogP contribution in [0.25, 0.3) is 11.3 Å². The molecule has 0 radical (unpaired) electrons. The molecule has 140 valence electrons. The van der Waals surface area contributed by atoms with Gasteiger partial charge in [0, 0.05) is 24.8 Å². The van der Waals surface area contributed by atoms with Crippen LogP contribution in [0.15, 0.2) is 36.4 Å². The summed E-state index contributed by atoms with van der Waals surface area (Å²) in [5.41, 5.74) is 1.88. The van der Waals surface area contributed by atoms with Crippen LogP contribution in [0.3, 0.4) is 0 Å². The zero-order valence-corrected chi connectivity index (χ0v) is 15.5. The normalized spacial score (nSPS) is 18.1. The number of nitrogens with zero attached hydrogens (tertiary/aromatic N) is 2. The molecule has 6 nitrogen and oxygen atoms in total. The highest BCUT2D eigenvalue weighted by atomic mass is 16.5. The van der Waals surface area contributed by atoms with Gasteiger partial charge in [0.1, 0.15) is 5.82 Å². The van der Waals surface area contributed by atoms with Crippen molar-refractivity contribution in [3.8, 4) is 11.3 Å². The van der Waals surface area contributed by atoms with E-state index in [-0.39, 0.29) is 24.7 Å². The number of aliphatic hydroxyl groups excluding tert-OH is 1. The summed E-state index contributed by atoms with van der Waals surface area (Å²) in [6, 6.07) is 11.9. The summed E-state index contributed by atoms with van der Waals surface area (Å²) in [5, 5.41) is 16.3. The first-order valence-corrected chi connectivity index (χ1v) is 9.33. The molecule has 1 aliphatic rings. The van der Waals surface area contributed by atoms with E-state index in [9.17, 15) is 5.11 Å². The van der Waals surface area contributed by atoms with Crippen LogP contribution in [0.2, 0.25) is 0 Å². The zero-order valence-electron chi connectivity index (χ0n) is 15.5. The maximum atomic E-state index is 9.61. The van der Waals surface area contributed by atoms with Crippen molar-refractivity contribution < 1.29 is 9.84 Å². The molecule has 0 spiro atoms. The summed E-state index contributed by atoms with van der Waals surface area (Å²) in [5.74, 6) is 1.55. The number of hydrogen-bond donors (Lipinski definition) is 3. The highest BCUT2D eigenvalue weighted by Gasteiger charge is 2.17. The highest BCUT2D eigenvalue weighted by molar-refractivity contribution is 5.64. The number of aliphatic hydroxyl groups is 1. The van der Waals surface area contributed by atoms with Crippen molar-refractivity contribution in [2.45, 2.75) is 38.8 Å². The van der Waals surface area contributed by atoms with E-state index in [1.807, 2.05) is 36.4 Å². The van der Waals surface area contributed by atoms with Gasteiger partial charge in [-0.25, -0.2) is 4.98 Å². The quantitative estimate of drug-likeness (QED) is 0.674. The van der Waals surface area contributed by atoms with Gasteiger partial charge in [-0.15, -0.1) is 0 Å². The molecule has 1 aliphatic heterocycles. The summed E-state index contributed by atoms with van der Waals surface area (Å²) < 4.78 is 5.68. The summed E-state index contributed by atoms with van der Waals surface area (Å²) in [7, 11) is 0. The fraction of sp³-hybridized carbons (Fsp3) is 0.500. The number of rotatable bonds is 8. The lowest BCUT2D eigenvalue weighted by Crippen LogP contribution is -2.30. The standard InChI is InChI=1S/C20H28N4O2/c1-14(2)18(13-25)23-20-22-17(15-7-4-3-5-8-15)11-19(24-20)21-12-16-9-6-10-26-16/h3-5,7-8,11,14,16,18,25H,6,9-10,12-13H2,1-2H3,(H2,21,22,23,24)/t16-,18-/m1/s1. The molecule has 1 fully saturated rings. The number of hydrogen-bond acceptors (Lipinski definition) is 6.